The van der Waals surface area contributed by atoms with Crippen LogP contribution in [0.3, 0.4) is 0 Å². The van der Waals surface area contributed by atoms with Crippen LogP contribution in [0.4, 0.5) is 0 Å². The number of benzene rings is 7. The maximum absolute atomic E-state index is 16.9. The zero-order valence-electron chi connectivity index (χ0n) is 72.4. The number of likely N-dealkylation sites (N-methyl/N-ethyl adjacent to an activating group) is 1. The first-order valence-electron chi connectivity index (χ1n) is 43.6. The molecule has 0 aromatic heterocycles. The third-order valence-electron chi connectivity index (χ3n) is 23.7. The number of fused-ring (bicyclic) bond motifs is 14. The molecule has 7 aromatic carbocycles. The minimum Gasteiger partial charge on any atom is -0.508 e. The zero-order chi connectivity index (χ0) is 95.5. The van der Waals surface area contributed by atoms with E-state index in [4.69, 9.17) is 67.8 Å². The third-order valence-corrected chi connectivity index (χ3v) is 24.4. The number of nitrogens with two attached hydrogens (primary N) is 2. The van der Waals surface area contributed by atoms with Gasteiger partial charge < -0.3 is 159 Å². The molecule has 7 aromatic rings. The Morgan fingerprint density at radius 3 is 1.89 bits per heavy atom. The maximum atomic E-state index is 16.9. The van der Waals surface area contributed by atoms with Gasteiger partial charge in [-0.25, -0.2) is 4.79 Å². The normalized spacial score (nSPS) is 25.3. The molecular formula is C91H108Cl2N12O28. The first-order chi connectivity index (χ1) is 63.6. The number of nitrogens with zero attached hydrogens (tertiary/aromatic N) is 1. The van der Waals surface area contributed by atoms with Gasteiger partial charge in [-0.05, 0) is 178 Å². The number of phenols is 4. The minimum atomic E-state index is -2.46. The fourth-order valence-electron chi connectivity index (χ4n) is 16.6. The molecule has 8 aliphatic heterocycles. The van der Waals surface area contributed by atoms with Gasteiger partial charge in [-0.1, -0.05) is 99.5 Å². The zero-order valence-corrected chi connectivity index (χ0v) is 73.9. The number of carbonyl (C=O) groups is 9. The molecule has 714 valence electrons. The Labute approximate surface area is 771 Å². The highest BCUT2D eigenvalue weighted by atomic mass is 35.5. The van der Waals surface area contributed by atoms with E-state index in [9.17, 15) is 75.7 Å². The number of phenolic OH excluding ortho intramolecular Hbond substituents is 4. The van der Waals surface area contributed by atoms with E-state index in [1.807, 2.05) is 0 Å². The molecule has 0 aliphatic carbocycles. The lowest BCUT2D eigenvalue weighted by Gasteiger charge is -2.41. The van der Waals surface area contributed by atoms with Crippen LogP contribution < -0.4 is 83.0 Å². The Kier molecular flexibility index (Phi) is 32.5. The van der Waals surface area contributed by atoms with Gasteiger partial charge in [0.15, 0.2) is 29.1 Å². The predicted octanol–water partition coefficient (Wildman–Crippen LogP) is 3.22. The number of carboxylic acid groups (broad SMARTS) is 1. The predicted molar refractivity (Wildman–Crippen MR) is 473 cm³/mol. The SMILES string of the molecule is CN[C@@H]1C(=O)N[C@@H]2Cc3ccc(cc3)Oc3cc4cc(c3O[C@@H]3O[C@H](C(=O)O)[C@@H](O)[C@H](O)[C@H]3NC(=O)CCCCCCCC(C)C)Oc3ccc(cc3Cl)[C@@H](O)[C@@H]3NC(=O)[C@H](NC(=O)[C@@H]4NC(=O)[C@@H](NC2=O)c2cc(cc(O)c2Cl)Oc2cc1ccc2O)c1ccc(O)c(c1)-c1c(O[C@H]2O[C@H](CO)[C@@H](O)[C@H](O)[C@@H]2O)cc(O)cc1[C@@H](C(=O)NCCCN(CCCN)CCCN)NC3=O. The van der Waals surface area contributed by atoms with Crippen molar-refractivity contribution in [3.05, 3.63) is 164 Å². The van der Waals surface area contributed by atoms with Crippen molar-refractivity contribution >= 4 is 76.4 Å². The number of ether oxygens (including phenoxy) is 7. The Hall–Kier alpha value is -12.0. The average Bonchev–Trinajstić information content (AvgIpc) is 0.773. The number of unbranched alkanes of at least 4 members (excludes halogenated alkanes) is 4. The molecule has 2 fully saturated rings. The summed E-state index contributed by atoms with van der Waals surface area (Å²) in [5.74, 6) is -17.7. The summed E-state index contributed by atoms with van der Waals surface area (Å²) in [6.07, 6.45) is -15.9. The van der Waals surface area contributed by atoms with E-state index in [2.05, 4.69) is 66.6 Å². The molecule has 0 saturated carbocycles. The second kappa shape index (κ2) is 43.8. The monoisotopic (exact) mass is 1890 g/mol. The molecule has 8 aliphatic rings. The van der Waals surface area contributed by atoms with Crippen LogP contribution in [0, 0.1) is 5.92 Å². The van der Waals surface area contributed by atoms with Crippen molar-refractivity contribution in [3.63, 3.8) is 0 Å². The number of aromatic hydroxyl groups is 4. The summed E-state index contributed by atoms with van der Waals surface area (Å²) in [7, 11) is 1.43. The van der Waals surface area contributed by atoms with Gasteiger partial charge in [-0.2, -0.15) is 0 Å². The third kappa shape index (κ3) is 22.9. The number of rotatable bonds is 27. The summed E-state index contributed by atoms with van der Waals surface area (Å²) in [6.45, 7) is 5.32. The lowest BCUT2D eigenvalue weighted by atomic mass is 9.89. The van der Waals surface area contributed by atoms with Gasteiger partial charge in [0.25, 0.3) is 0 Å². The van der Waals surface area contributed by atoms with Crippen molar-refractivity contribution in [2.75, 3.05) is 52.9 Å². The number of carbonyl (C=O) groups excluding carboxylic acids is 8. The van der Waals surface area contributed by atoms with E-state index in [-0.39, 0.29) is 47.8 Å². The number of nitrogens with one attached hydrogen (secondary N) is 9. The highest BCUT2D eigenvalue weighted by Gasteiger charge is 2.52. The maximum Gasteiger partial charge on any atom is 0.335 e. The van der Waals surface area contributed by atoms with Crippen molar-refractivity contribution in [2.24, 2.45) is 17.4 Å². The van der Waals surface area contributed by atoms with E-state index < -0.39 is 271 Å². The summed E-state index contributed by atoms with van der Waals surface area (Å²) in [4.78, 5) is 141. The van der Waals surface area contributed by atoms with Gasteiger partial charge >= 0.3 is 5.97 Å². The topological polar surface area (TPSA) is 625 Å². The fraction of sp³-hybridized carbons (Fsp3) is 0.440. The van der Waals surface area contributed by atoms with Gasteiger partial charge in [0.2, 0.25) is 65.6 Å². The van der Waals surface area contributed by atoms with Gasteiger partial charge in [0.1, 0.15) is 131 Å². The molecule has 8 heterocycles. The Morgan fingerprint density at radius 2 is 1.20 bits per heavy atom. The van der Waals surface area contributed by atoms with Crippen LogP contribution in [0.1, 0.15) is 153 Å². The number of aliphatic carboxylic acids is 1. The molecular weight excluding hydrogens is 1780 g/mol. The highest BCUT2D eigenvalue weighted by molar-refractivity contribution is 6.33. The number of aliphatic hydroxyl groups excluding tert-OH is 7. The second-order valence-corrected chi connectivity index (χ2v) is 34.5. The van der Waals surface area contributed by atoms with Crippen LogP contribution in [0.5, 0.6) is 69.0 Å². The first-order valence-corrected chi connectivity index (χ1v) is 44.3. The molecule has 0 unspecified atom stereocenters. The molecule has 18 atom stereocenters. The summed E-state index contributed by atoms with van der Waals surface area (Å²) >= 11 is 14.4. The summed E-state index contributed by atoms with van der Waals surface area (Å²) in [5.41, 5.74) is 9.01. The van der Waals surface area contributed by atoms with E-state index in [1.165, 1.54) is 49.5 Å². The van der Waals surface area contributed by atoms with Crippen LogP contribution in [0.2, 0.25) is 10.0 Å². The fourth-order valence-corrected chi connectivity index (χ4v) is 17.1. The van der Waals surface area contributed by atoms with Crippen molar-refractivity contribution in [2.45, 2.75) is 194 Å². The molecule has 42 heteroatoms. The molecule has 8 amide bonds. The highest BCUT2D eigenvalue weighted by Crippen LogP contribution is 2.51. The molecule has 2 saturated heterocycles. The quantitative estimate of drug-likeness (QED) is 0.0329. The van der Waals surface area contributed by atoms with Crippen LogP contribution >= 0.6 is 23.2 Å². The molecule has 133 heavy (non-hydrogen) atoms. The number of hydrogen-bond acceptors (Lipinski definition) is 31. The lowest BCUT2D eigenvalue weighted by Crippen LogP contribution is -2.66. The summed E-state index contributed by atoms with van der Waals surface area (Å²) in [6, 6.07) is 5.54. The van der Waals surface area contributed by atoms with E-state index in [0.717, 1.165) is 98.5 Å². The average molecular weight is 1890 g/mol. The van der Waals surface area contributed by atoms with Crippen LogP contribution in [0.25, 0.3) is 11.1 Å². The van der Waals surface area contributed by atoms with Crippen molar-refractivity contribution in [1.82, 2.24) is 52.8 Å². The van der Waals surface area contributed by atoms with Crippen molar-refractivity contribution in [1.29, 1.82) is 0 Å². The molecule has 15 rings (SSSR count). The molecule has 17 bridgehead atoms. The summed E-state index contributed by atoms with van der Waals surface area (Å²) < 4.78 is 44.6. The van der Waals surface area contributed by atoms with Gasteiger partial charge in [-0.15, -0.1) is 0 Å². The van der Waals surface area contributed by atoms with E-state index in [0.29, 0.717) is 69.9 Å². The van der Waals surface area contributed by atoms with Gasteiger partial charge in [0.05, 0.1) is 16.7 Å². The van der Waals surface area contributed by atoms with Crippen molar-refractivity contribution in [3.8, 4) is 80.1 Å². The number of hydrogen-bond donors (Lipinski definition) is 23. The van der Waals surface area contributed by atoms with E-state index in [1.54, 1.807) is 0 Å². The smallest absolute Gasteiger partial charge is 0.335 e. The Morgan fingerprint density at radius 1 is 0.556 bits per heavy atom. The number of halogens is 2. The van der Waals surface area contributed by atoms with E-state index >= 15 is 28.8 Å². The summed E-state index contributed by atoms with van der Waals surface area (Å²) in [5, 5.41) is 162. The van der Waals surface area contributed by atoms with Gasteiger partial charge in [0, 0.05) is 48.2 Å². The standard InChI is InChI=1S/C91H108Cl2N12O28/c1-41(2)12-7-5-4-6-8-13-64(111)99-73-76(114)78(116)81(89(125)126)133-90(73)132-80-61-34-46-35-62(80)129-58-23-18-45(32-53(58)92)74(112)72-88(124)103-70(83(119)97-26-11-29-105(27-9-24-94)28-10-25-95)51-36-47(107)37-60(130-91-79(117)77(115)75(113)63(40-106)131-91)65(51)50-31-43(16-21-55(50)108)68(85(121)104-72)100-86(122)69(46)101-87(123)71-52-38-49(39-57(110)66(52)93)128-59-33-44(17-22-56(59)109)67(96-3)84(120)98-54(82(118)102-71)30-42-14-19-48(127-61)20-15-42/h14-23,31-39,41,54,63,67-79,81,90-91,96,106-110,112-117H,4-13,24-30,40,94-95H2,1-3H3,(H,97,119)(H,98,120)(H,99,111)(H,100,122)(H,101,123)(H,102,118)(H,103,124)(H,104,121)(H,125,126)/t54-,63-,67+,68-,69-,70+,71+,72+,73-,74-,75-,76-,77+,78+,79+,81+,90-,91+/m1/s1. The number of aliphatic hydroxyl groups is 7. The molecule has 0 spiro atoms. The second-order valence-electron chi connectivity index (χ2n) is 33.7. The van der Waals surface area contributed by atoms with Crippen LogP contribution in [-0.4, -0.2) is 246 Å². The number of amides is 8. The Balaban J connectivity index is 1.04. The van der Waals surface area contributed by atoms with Crippen LogP contribution in [-0.2, 0) is 59.0 Å². The molecule has 0 radical (unpaired) electrons. The minimum absolute atomic E-state index is 0.132. The largest absolute Gasteiger partial charge is 0.508 e. The van der Waals surface area contributed by atoms with Gasteiger partial charge in [-0.3, -0.25) is 38.4 Å². The molecule has 40 nitrogen and oxygen atoms in total. The van der Waals surface area contributed by atoms with Crippen molar-refractivity contribution < 1.29 is 138 Å². The lowest BCUT2D eigenvalue weighted by molar-refractivity contribution is -0.277. The first kappa shape index (κ1) is 98.5. The Bertz CT molecular complexity index is 5440. The number of carboxylic acids is 1. The molecule has 25 N–H and O–H groups in total. The van der Waals surface area contributed by atoms with Crippen LogP contribution in [0.15, 0.2) is 115 Å².